The van der Waals surface area contributed by atoms with Gasteiger partial charge in [-0.15, -0.1) is 0 Å². The molecule has 15 nitrogen and oxygen atoms in total. The minimum atomic E-state index is -0.717. The summed E-state index contributed by atoms with van der Waals surface area (Å²) < 4.78 is 44.1. The highest BCUT2D eigenvalue weighted by atomic mass is 16.7. The van der Waals surface area contributed by atoms with Crippen molar-refractivity contribution < 1.29 is 47.5 Å². The van der Waals surface area contributed by atoms with Crippen LogP contribution < -0.4 is 16.0 Å². The van der Waals surface area contributed by atoms with Crippen molar-refractivity contribution in [1.29, 1.82) is 0 Å². The summed E-state index contributed by atoms with van der Waals surface area (Å²) in [5.41, 5.74) is 0.200. The SMILES string of the molecule is COCCOCCCNc1nc(C(=O)NCC2COC(C)(C)O2)c(NCCCOCCOC)nc1C(=O)CCC1COC(C)(C)O1. The molecule has 262 valence electrons. The molecule has 1 aromatic rings. The molecule has 0 aromatic carbocycles. The number of hydrogen-bond acceptors (Lipinski definition) is 14. The number of carbonyl (C=O) groups is 2. The van der Waals surface area contributed by atoms with Gasteiger partial charge in [0.15, 0.2) is 40.4 Å². The molecule has 3 heterocycles. The molecule has 1 aromatic heterocycles. The van der Waals surface area contributed by atoms with Gasteiger partial charge >= 0.3 is 0 Å². The first-order valence-electron chi connectivity index (χ1n) is 16.0. The van der Waals surface area contributed by atoms with Crippen LogP contribution in [-0.2, 0) is 37.9 Å². The zero-order chi connectivity index (χ0) is 33.4. The lowest BCUT2D eigenvalue weighted by Gasteiger charge is -2.19. The van der Waals surface area contributed by atoms with Gasteiger partial charge in [-0.25, -0.2) is 9.97 Å². The molecule has 0 bridgehead atoms. The third kappa shape index (κ3) is 13.3. The number of nitrogens with zero attached hydrogens (tertiary/aromatic N) is 2. The Kier molecular flexibility index (Phi) is 16.0. The second-order valence-corrected chi connectivity index (χ2v) is 12.0. The second kappa shape index (κ2) is 19.4. The number of ether oxygens (including phenoxy) is 8. The predicted molar refractivity (Wildman–Crippen MR) is 169 cm³/mol. The molecule has 0 radical (unpaired) electrons. The van der Waals surface area contributed by atoms with E-state index in [-0.39, 0.29) is 54.0 Å². The molecule has 0 spiro atoms. The smallest absolute Gasteiger partial charge is 0.273 e. The molecule has 46 heavy (non-hydrogen) atoms. The average molecular weight is 656 g/mol. The van der Waals surface area contributed by atoms with Crippen LogP contribution in [0.3, 0.4) is 0 Å². The molecule has 3 N–H and O–H groups in total. The summed E-state index contributed by atoms with van der Waals surface area (Å²) in [4.78, 5) is 36.4. The summed E-state index contributed by atoms with van der Waals surface area (Å²) in [6, 6.07) is 0. The monoisotopic (exact) mass is 655 g/mol. The minimum Gasteiger partial charge on any atom is -0.382 e. The maximum Gasteiger partial charge on any atom is 0.273 e. The number of aromatic nitrogens is 2. The molecular weight excluding hydrogens is 602 g/mol. The molecule has 2 unspecified atom stereocenters. The van der Waals surface area contributed by atoms with Crippen LogP contribution in [-0.4, -0.2) is 132 Å². The van der Waals surface area contributed by atoms with Crippen molar-refractivity contribution in [1.82, 2.24) is 15.3 Å². The Labute approximate surface area is 272 Å². The Bertz CT molecular complexity index is 1010. The van der Waals surface area contributed by atoms with Gasteiger partial charge < -0.3 is 53.8 Å². The zero-order valence-corrected chi connectivity index (χ0v) is 28.2. The summed E-state index contributed by atoms with van der Waals surface area (Å²) in [5, 5.41) is 9.29. The first-order valence-corrected chi connectivity index (χ1v) is 16.0. The van der Waals surface area contributed by atoms with Crippen molar-refractivity contribution in [3.8, 4) is 0 Å². The van der Waals surface area contributed by atoms with Crippen molar-refractivity contribution in [2.75, 3.05) is 97.3 Å². The standard InChI is InChI=1S/C31H53N5O10/c1-30(2)43-20-22(45-30)9-10-24(37)25-27(32-11-7-13-41-17-15-39-5)36-26(28(35-25)33-12-8-14-42-18-16-40-6)29(38)34-19-23-21-44-31(3,4)46-23/h22-23H,7-21H2,1-6H3,(H,32,36)(H,33,35)(H,34,38). The van der Waals surface area contributed by atoms with Crippen molar-refractivity contribution in [2.24, 2.45) is 0 Å². The number of amides is 1. The van der Waals surface area contributed by atoms with E-state index in [0.29, 0.717) is 85.2 Å². The lowest BCUT2D eigenvalue weighted by atomic mass is 10.1. The predicted octanol–water partition coefficient (Wildman–Crippen LogP) is 2.40. The average Bonchev–Trinajstić information content (AvgIpc) is 3.56. The van der Waals surface area contributed by atoms with E-state index in [4.69, 9.17) is 37.9 Å². The molecular formula is C31H53N5O10. The summed E-state index contributed by atoms with van der Waals surface area (Å²) in [6.45, 7) is 12.2. The van der Waals surface area contributed by atoms with Crippen molar-refractivity contribution in [3.05, 3.63) is 11.4 Å². The minimum absolute atomic E-state index is 0.0585. The number of Topliss-reactive ketones (excluding diaryl/α,β-unsaturated/α-hetero) is 1. The Morgan fingerprint density at radius 2 is 1.28 bits per heavy atom. The lowest BCUT2D eigenvalue weighted by Crippen LogP contribution is -2.35. The first-order chi connectivity index (χ1) is 22.0. The van der Waals surface area contributed by atoms with Gasteiger partial charge in [0, 0.05) is 53.5 Å². The van der Waals surface area contributed by atoms with E-state index in [1.54, 1.807) is 14.2 Å². The number of carbonyl (C=O) groups excluding carboxylic acids is 2. The van der Waals surface area contributed by atoms with Crippen LogP contribution in [0.5, 0.6) is 0 Å². The van der Waals surface area contributed by atoms with E-state index in [9.17, 15) is 9.59 Å². The van der Waals surface area contributed by atoms with Crippen LogP contribution in [0.15, 0.2) is 0 Å². The normalized spacial score (nSPS) is 20.1. The number of anilines is 2. The van der Waals surface area contributed by atoms with Crippen LogP contribution in [0.2, 0.25) is 0 Å². The van der Waals surface area contributed by atoms with E-state index in [1.165, 1.54) is 0 Å². The first kappa shape index (κ1) is 38.0. The molecule has 2 atom stereocenters. The lowest BCUT2D eigenvalue weighted by molar-refractivity contribution is -0.139. The topological polar surface area (TPSA) is 170 Å². The number of methoxy groups -OCH3 is 2. The number of rotatable bonds is 23. The molecule has 15 heteroatoms. The Morgan fingerprint density at radius 3 is 1.80 bits per heavy atom. The van der Waals surface area contributed by atoms with Gasteiger partial charge in [0.2, 0.25) is 0 Å². The van der Waals surface area contributed by atoms with Crippen molar-refractivity contribution in [2.45, 2.75) is 77.2 Å². The molecule has 2 aliphatic rings. The summed E-state index contributed by atoms with van der Waals surface area (Å²) >= 11 is 0. The molecule has 3 rings (SSSR count). The largest absolute Gasteiger partial charge is 0.382 e. The summed E-state index contributed by atoms with van der Waals surface area (Å²) in [7, 11) is 3.24. The molecule has 2 saturated heterocycles. The summed E-state index contributed by atoms with van der Waals surface area (Å²) in [5.74, 6) is -1.65. The zero-order valence-electron chi connectivity index (χ0n) is 28.2. The fraction of sp³-hybridized carbons (Fsp3) is 0.806. The fourth-order valence-corrected chi connectivity index (χ4v) is 4.76. The maximum atomic E-state index is 13.6. The maximum absolute atomic E-state index is 13.6. The van der Waals surface area contributed by atoms with E-state index < -0.39 is 17.5 Å². The Hall–Kier alpha value is -2.50. The van der Waals surface area contributed by atoms with Crippen molar-refractivity contribution in [3.63, 3.8) is 0 Å². The van der Waals surface area contributed by atoms with Gasteiger partial charge in [0.25, 0.3) is 5.91 Å². The van der Waals surface area contributed by atoms with Crippen LogP contribution in [0.25, 0.3) is 0 Å². The highest BCUT2D eigenvalue weighted by Crippen LogP contribution is 2.27. The number of nitrogens with one attached hydrogen (secondary N) is 3. The molecule has 2 aliphatic heterocycles. The molecule has 0 saturated carbocycles. The second-order valence-electron chi connectivity index (χ2n) is 12.0. The van der Waals surface area contributed by atoms with E-state index in [1.807, 2.05) is 27.7 Å². The molecule has 0 aliphatic carbocycles. The number of ketones is 1. The van der Waals surface area contributed by atoms with Gasteiger partial charge in [0.05, 0.1) is 45.7 Å². The van der Waals surface area contributed by atoms with E-state index in [0.717, 1.165) is 0 Å². The highest BCUT2D eigenvalue weighted by Gasteiger charge is 2.34. The van der Waals surface area contributed by atoms with E-state index in [2.05, 4.69) is 25.9 Å². The van der Waals surface area contributed by atoms with Gasteiger partial charge in [-0.05, 0) is 47.0 Å². The number of hydrogen-bond donors (Lipinski definition) is 3. The van der Waals surface area contributed by atoms with Gasteiger partial charge in [-0.3, -0.25) is 9.59 Å². The van der Waals surface area contributed by atoms with E-state index >= 15 is 0 Å². The Balaban J connectivity index is 1.77. The third-order valence-corrected chi connectivity index (χ3v) is 7.07. The Morgan fingerprint density at radius 1 is 0.761 bits per heavy atom. The van der Waals surface area contributed by atoms with Gasteiger partial charge in [-0.2, -0.15) is 0 Å². The van der Waals surface area contributed by atoms with Crippen LogP contribution >= 0.6 is 0 Å². The van der Waals surface area contributed by atoms with Crippen molar-refractivity contribution >= 4 is 23.3 Å². The van der Waals surface area contributed by atoms with Gasteiger partial charge in [0.1, 0.15) is 6.10 Å². The molecule has 1 amide bonds. The highest BCUT2D eigenvalue weighted by molar-refractivity contribution is 6.02. The summed E-state index contributed by atoms with van der Waals surface area (Å²) in [6.07, 6.45) is 1.38. The quantitative estimate of drug-likeness (QED) is 0.116. The van der Waals surface area contributed by atoms with Crippen LogP contribution in [0, 0.1) is 0 Å². The molecule has 2 fully saturated rings. The van der Waals surface area contributed by atoms with Gasteiger partial charge in [-0.1, -0.05) is 0 Å². The third-order valence-electron chi connectivity index (χ3n) is 7.07. The fourth-order valence-electron chi connectivity index (χ4n) is 4.76. The van der Waals surface area contributed by atoms with Crippen LogP contribution in [0.4, 0.5) is 11.6 Å². The van der Waals surface area contributed by atoms with Crippen LogP contribution in [0.1, 0.15) is 74.4 Å².